The SMILES string of the molecule is CCc1nc(N(CCC(=O)Nc2ccc(F)cc2)CCc2ccccc2)c2ccc(Cl)cc2n1. The Bertz CT molecular complexity index is 1270. The van der Waals surface area contributed by atoms with Crippen LogP contribution in [0.2, 0.25) is 5.02 Å². The third kappa shape index (κ3) is 6.08. The first kappa shape index (κ1) is 23.6. The number of nitrogens with zero attached hydrogens (tertiary/aromatic N) is 3. The zero-order valence-corrected chi connectivity index (χ0v) is 19.7. The fourth-order valence-corrected chi connectivity index (χ4v) is 3.92. The Balaban J connectivity index is 1.58. The van der Waals surface area contributed by atoms with E-state index in [1.807, 2.05) is 43.3 Å². The minimum atomic E-state index is -0.340. The number of aryl methyl sites for hydroxylation is 1. The van der Waals surface area contributed by atoms with Crippen molar-refractivity contribution in [3.05, 3.63) is 95.0 Å². The van der Waals surface area contributed by atoms with Crippen LogP contribution in [0.1, 0.15) is 24.7 Å². The van der Waals surface area contributed by atoms with E-state index >= 15 is 0 Å². The number of hydrogen-bond acceptors (Lipinski definition) is 4. The highest BCUT2D eigenvalue weighted by atomic mass is 35.5. The molecule has 4 rings (SSSR count). The number of hydrogen-bond donors (Lipinski definition) is 1. The topological polar surface area (TPSA) is 58.1 Å². The van der Waals surface area contributed by atoms with Crippen molar-refractivity contribution in [2.45, 2.75) is 26.2 Å². The van der Waals surface area contributed by atoms with Gasteiger partial charge in [-0.25, -0.2) is 14.4 Å². The van der Waals surface area contributed by atoms with E-state index in [0.717, 1.165) is 29.0 Å². The van der Waals surface area contributed by atoms with Crippen molar-refractivity contribution in [3.63, 3.8) is 0 Å². The van der Waals surface area contributed by atoms with Crippen LogP contribution in [0, 0.1) is 5.82 Å². The average Bonchev–Trinajstić information content (AvgIpc) is 2.85. The number of halogens is 2. The predicted molar refractivity (Wildman–Crippen MR) is 136 cm³/mol. The first-order valence-corrected chi connectivity index (χ1v) is 11.7. The summed E-state index contributed by atoms with van der Waals surface area (Å²) in [7, 11) is 0. The Morgan fingerprint density at radius 3 is 2.50 bits per heavy atom. The zero-order chi connectivity index (χ0) is 23.9. The van der Waals surface area contributed by atoms with Gasteiger partial charge in [-0.05, 0) is 54.4 Å². The third-order valence-electron chi connectivity index (χ3n) is 5.55. The molecular formula is C27H26ClFN4O. The lowest BCUT2D eigenvalue weighted by atomic mass is 10.1. The Labute approximate surface area is 203 Å². The zero-order valence-electron chi connectivity index (χ0n) is 19.0. The molecule has 0 aliphatic rings. The molecule has 1 amide bonds. The molecule has 5 nitrogen and oxygen atoms in total. The molecule has 0 aliphatic heterocycles. The number of carbonyl (C=O) groups is 1. The van der Waals surface area contributed by atoms with E-state index in [4.69, 9.17) is 16.6 Å². The van der Waals surface area contributed by atoms with E-state index in [-0.39, 0.29) is 18.1 Å². The molecule has 174 valence electrons. The molecule has 0 radical (unpaired) electrons. The quantitative estimate of drug-likeness (QED) is 0.319. The minimum Gasteiger partial charge on any atom is -0.355 e. The minimum absolute atomic E-state index is 0.145. The summed E-state index contributed by atoms with van der Waals surface area (Å²) in [5.74, 6) is 1.04. The molecule has 1 N–H and O–H groups in total. The molecule has 0 saturated carbocycles. The van der Waals surface area contributed by atoms with Crippen LogP contribution in [0.4, 0.5) is 15.9 Å². The number of anilines is 2. The highest BCUT2D eigenvalue weighted by Crippen LogP contribution is 2.27. The Morgan fingerprint density at radius 1 is 1.00 bits per heavy atom. The van der Waals surface area contributed by atoms with Crippen molar-refractivity contribution in [2.24, 2.45) is 0 Å². The molecule has 0 fully saturated rings. The van der Waals surface area contributed by atoms with E-state index in [1.54, 1.807) is 12.1 Å². The summed E-state index contributed by atoms with van der Waals surface area (Å²) in [4.78, 5) is 24.3. The predicted octanol–water partition coefficient (Wildman–Crippen LogP) is 6.06. The van der Waals surface area contributed by atoms with E-state index in [0.29, 0.717) is 30.2 Å². The van der Waals surface area contributed by atoms with Crippen LogP contribution in [0.25, 0.3) is 10.9 Å². The molecule has 1 heterocycles. The fourth-order valence-electron chi connectivity index (χ4n) is 3.76. The normalized spacial score (nSPS) is 10.9. The number of nitrogens with one attached hydrogen (secondary N) is 1. The van der Waals surface area contributed by atoms with Gasteiger partial charge in [-0.15, -0.1) is 0 Å². The van der Waals surface area contributed by atoms with Crippen LogP contribution in [0.15, 0.2) is 72.8 Å². The molecule has 0 spiro atoms. The molecule has 34 heavy (non-hydrogen) atoms. The molecule has 0 atom stereocenters. The number of carbonyl (C=O) groups excluding carboxylic acids is 1. The second-order valence-electron chi connectivity index (χ2n) is 8.01. The van der Waals surface area contributed by atoms with E-state index in [2.05, 4.69) is 27.3 Å². The van der Waals surface area contributed by atoms with Gasteiger partial charge in [0, 0.05) is 42.0 Å². The maximum absolute atomic E-state index is 13.2. The van der Waals surface area contributed by atoms with Gasteiger partial charge in [-0.1, -0.05) is 48.9 Å². The first-order chi connectivity index (χ1) is 16.5. The molecule has 0 aliphatic carbocycles. The largest absolute Gasteiger partial charge is 0.355 e. The van der Waals surface area contributed by atoms with Crippen molar-refractivity contribution < 1.29 is 9.18 Å². The molecule has 3 aromatic carbocycles. The van der Waals surface area contributed by atoms with Crippen LogP contribution in [-0.4, -0.2) is 29.0 Å². The second kappa shape index (κ2) is 11.1. The Hall–Kier alpha value is -3.51. The van der Waals surface area contributed by atoms with Gasteiger partial charge in [-0.2, -0.15) is 0 Å². The maximum atomic E-state index is 13.2. The fraction of sp³-hybridized carbons (Fsp3) is 0.222. The summed E-state index contributed by atoms with van der Waals surface area (Å²) in [6, 6.07) is 21.6. The van der Waals surface area contributed by atoms with Gasteiger partial charge in [0.2, 0.25) is 5.91 Å². The maximum Gasteiger partial charge on any atom is 0.226 e. The Morgan fingerprint density at radius 2 is 1.76 bits per heavy atom. The summed E-state index contributed by atoms with van der Waals surface area (Å²) in [5, 5.41) is 4.35. The summed E-state index contributed by atoms with van der Waals surface area (Å²) < 4.78 is 13.2. The summed E-state index contributed by atoms with van der Waals surface area (Å²) in [6.45, 7) is 3.17. The number of fused-ring (bicyclic) bond motifs is 1. The lowest BCUT2D eigenvalue weighted by molar-refractivity contribution is -0.116. The molecule has 1 aromatic heterocycles. The van der Waals surface area contributed by atoms with Gasteiger partial charge in [0.15, 0.2) is 0 Å². The van der Waals surface area contributed by atoms with Crippen molar-refractivity contribution in [1.82, 2.24) is 9.97 Å². The standard InChI is InChI=1S/C27H26ClFN4O/c1-2-25-31-24-18-20(28)8-13-23(24)27(32-25)33(16-14-19-6-4-3-5-7-19)17-15-26(34)30-22-11-9-21(29)10-12-22/h3-13,18H,2,14-17H2,1H3,(H,30,34). The number of rotatable bonds is 9. The molecule has 0 saturated heterocycles. The van der Waals surface area contributed by atoms with Crippen molar-refractivity contribution >= 4 is 39.9 Å². The van der Waals surface area contributed by atoms with Crippen LogP contribution in [0.3, 0.4) is 0 Å². The van der Waals surface area contributed by atoms with E-state index in [1.165, 1.54) is 17.7 Å². The van der Waals surface area contributed by atoms with Gasteiger partial charge in [0.05, 0.1) is 5.52 Å². The van der Waals surface area contributed by atoms with Gasteiger partial charge < -0.3 is 10.2 Å². The summed E-state index contributed by atoms with van der Waals surface area (Å²) in [6.07, 6.45) is 1.75. The number of benzene rings is 3. The molecule has 0 unspecified atom stereocenters. The van der Waals surface area contributed by atoms with Gasteiger partial charge in [-0.3, -0.25) is 4.79 Å². The average molecular weight is 477 g/mol. The highest BCUT2D eigenvalue weighted by molar-refractivity contribution is 6.31. The first-order valence-electron chi connectivity index (χ1n) is 11.3. The lowest BCUT2D eigenvalue weighted by Crippen LogP contribution is -2.31. The molecular weight excluding hydrogens is 451 g/mol. The van der Waals surface area contributed by atoms with Crippen molar-refractivity contribution in [2.75, 3.05) is 23.3 Å². The number of aromatic nitrogens is 2. The summed E-state index contributed by atoms with van der Waals surface area (Å²) >= 11 is 6.23. The second-order valence-corrected chi connectivity index (χ2v) is 8.44. The summed E-state index contributed by atoms with van der Waals surface area (Å²) in [5.41, 5.74) is 2.56. The monoisotopic (exact) mass is 476 g/mol. The molecule has 0 bridgehead atoms. The van der Waals surface area contributed by atoms with Gasteiger partial charge >= 0.3 is 0 Å². The van der Waals surface area contributed by atoms with Crippen molar-refractivity contribution in [1.29, 1.82) is 0 Å². The Kier molecular flexibility index (Phi) is 7.70. The van der Waals surface area contributed by atoms with Crippen LogP contribution in [0.5, 0.6) is 0 Å². The van der Waals surface area contributed by atoms with Gasteiger partial charge in [0.25, 0.3) is 0 Å². The van der Waals surface area contributed by atoms with E-state index < -0.39 is 0 Å². The third-order valence-corrected chi connectivity index (χ3v) is 5.79. The van der Waals surface area contributed by atoms with E-state index in [9.17, 15) is 9.18 Å². The molecule has 4 aromatic rings. The van der Waals surface area contributed by atoms with Crippen LogP contribution < -0.4 is 10.2 Å². The number of amides is 1. The van der Waals surface area contributed by atoms with Crippen LogP contribution >= 0.6 is 11.6 Å². The van der Waals surface area contributed by atoms with Crippen LogP contribution in [-0.2, 0) is 17.6 Å². The van der Waals surface area contributed by atoms with Crippen molar-refractivity contribution in [3.8, 4) is 0 Å². The van der Waals surface area contributed by atoms with Gasteiger partial charge in [0.1, 0.15) is 17.5 Å². The highest BCUT2D eigenvalue weighted by Gasteiger charge is 2.16. The molecule has 7 heteroatoms. The lowest BCUT2D eigenvalue weighted by Gasteiger charge is -2.25. The smallest absolute Gasteiger partial charge is 0.226 e.